The van der Waals surface area contributed by atoms with Gasteiger partial charge in [0.1, 0.15) is 6.04 Å². The van der Waals surface area contributed by atoms with E-state index in [-0.39, 0.29) is 23.4 Å². The van der Waals surface area contributed by atoms with Gasteiger partial charge in [-0.2, -0.15) is 0 Å². The Balaban J connectivity index is 1.27. The first-order chi connectivity index (χ1) is 18.7. The molecule has 2 aliphatic heterocycles. The Morgan fingerprint density at radius 3 is 2.56 bits per heavy atom. The van der Waals surface area contributed by atoms with E-state index in [1.165, 1.54) is 22.4 Å². The molecule has 1 aromatic heterocycles. The third-order valence-corrected chi connectivity index (χ3v) is 7.89. The zero-order valence-corrected chi connectivity index (χ0v) is 22.6. The molecule has 1 unspecified atom stereocenters. The van der Waals surface area contributed by atoms with E-state index in [1.54, 1.807) is 18.0 Å². The fourth-order valence-electron chi connectivity index (χ4n) is 5.49. The van der Waals surface area contributed by atoms with E-state index in [0.29, 0.717) is 29.9 Å². The summed E-state index contributed by atoms with van der Waals surface area (Å²) in [6, 6.07) is 9.91. The largest absolute Gasteiger partial charge is 0.478 e. The molecule has 11 nitrogen and oxygen atoms in total. The summed E-state index contributed by atoms with van der Waals surface area (Å²) in [5, 5.41) is 24.5. The van der Waals surface area contributed by atoms with E-state index >= 15 is 0 Å². The molecular formula is C27H30ClN7O4. The van der Waals surface area contributed by atoms with Gasteiger partial charge in [-0.15, -0.1) is 5.10 Å². The van der Waals surface area contributed by atoms with Crippen molar-refractivity contribution in [2.45, 2.75) is 51.2 Å². The van der Waals surface area contributed by atoms with Gasteiger partial charge in [0.05, 0.1) is 5.56 Å². The lowest BCUT2D eigenvalue weighted by atomic mass is 10.0. The molecule has 2 aromatic carbocycles. The molecule has 3 heterocycles. The summed E-state index contributed by atoms with van der Waals surface area (Å²) in [5.74, 6) is -1.12. The number of amides is 2. The summed E-state index contributed by atoms with van der Waals surface area (Å²) in [6.07, 6.45) is 2.29. The van der Waals surface area contributed by atoms with Crippen molar-refractivity contribution < 1.29 is 19.5 Å². The Morgan fingerprint density at radius 1 is 1.13 bits per heavy atom. The standard InChI is InChI=1S/C27H30ClN7O4/c1-16-11-17(3-4-22(16)28)15-34-9-7-21(8-10-34)35-23(5-6-24(35)36)26(37)29-20-13-18(12-19(14-20)27(38)39)25-30-31-32-33(25)2/h3-4,11-14,21,23H,5-10,15H2,1-2H3,(H,29,37)(H,38,39). The molecule has 204 valence electrons. The second-order valence-electron chi connectivity index (χ2n) is 10.2. The van der Waals surface area contributed by atoms with Gasteiger partial charge in [-0.1, -0.05) is 23.7 Å². The number of halogens is 1. The quantitative estimate of drug-likeness (QED) is 0.457. The van der Waals surface area contributed by atoms with Gasteiger partial charge in [0, 0.05) is 55.4 Å². The zero-order valence-electron chi connectivity index (χ0n) is 21.8. The Bertz CT molecular complexity index is 1420. The van der Waals surface area contributed by atoms with E-state index < -0.39 is 12.0 Å². The molecule has 0 bridgehead atoms. The number of carbonyl (C=O) groups is 3. The molecule has 12 heteroatoms. The maximum absolute atomic E-state index is 13.4. The van der Waals surface area contributed by atoms with Crippen molar-refractivity contribution in [3.63, 3.8) is 0 Å². The van der Waals surface area contributed by atoms with Crippen LogP contribution in [0, 0.1) is 6.92 Å². The van der Waals surface area contributed by atoms with Gasteiger partial charge in [-0.05, 0) is 72.0 Å². The summed E-state index contributed by atoms with van der Waals surface area (Å²) >= 11 is 6.16. The average molecular weight is 552 g/mol. The van der Waals surface area contributed by atoms with Crippen molar-refractivity contribution in [3.8, 4) is 11.4 Å². The van der Waals surface area contributed by atoms with E-state index in [4.69, 9.17) is 11.6 Å². The Kier molecular flexibility index (Phi) is 7.62. The Hall–Kier alpha value is -3.83. The number of benzene rings is 2. The normalized spacial score (nSPS) is 18.5. The van der Waals surface area contributed by atoms with Crippen molar-refractivity contribution in [1.29, 1.82) is 0 Å². The van der Waals surface area contributed by atoms with Gasteiger partial charge in [-0.25, -0.2) is 9.48 Å². The number of carbonyl (C=O) groups excluding carboxylic acids is 2. The number of likely N-dealkylation sites (tertiary alicyclic amines) is 2. The number of aromatic carboxylic acids is 1. The van der Waals surface area contributed by atoms with Crippen molar-refractivity contribution in [2.75, 3.05) is 18.4 Å². The van der Waals surface area contributed by atoms with Crippen LogP contribution in [0.1, 0.15) is 47.2 Å². The summed E-state index contributed by atoms with van der Waals surface area (Å²) in [6.45, 7) is 4.44. The van der Waals surface area contributed by atoms with Crippen LogP contribution in [0.25, 0.3) is 11.4 Å². The number of hydrogen-bond acceptors (Lipinski definition) is 7. The SMILES string of the molecule is Cc1cc(CN2CCC(N3C(=O)CCC3C(=O)Nc3cc(C(=O)O)cc(-c4nnnn4C)c3)CC2)ccc1Cl. The summed E-state index contributed by atoms with van der Waals surface area (Å²) in [5.41, 5.74) is 3.01. The van der Waals surface area contributed by atoms with Crippen LogP contribution in [0.5, 0.6) is 0 Å². The molecule has 2 amide bonds. The minimum atomic E-state index is -1.14. The van der Waals surface area contributed by atoms with E-state index in [9.17, 15) is 19.5 Å². The molecule has 1 atom stereocenters. The highest BCUT2D eigenvalue weighted by Crippen LogP contribution is 2.30. The highest BCUT2D eigenvalue weighted by atomic mass is 35.5. The van der Waals surface area contributed by atoms with Crippen molar-refractivity contribution in [2.24, 2.45) is 7.05 Å². The van der Waals surface area contributed by atoms with Gasteiger partial charge < -0.3 is 15.3 Å². The summed E-state index contributed by atoms with van der Waals surface area (Å²) in [4.78, 5) is 42.1. The van der Waals surface area contributed by atoms with E-state index in [2.05, 4.69) is 31.8 Å². The molecule has 39 heavy (non-hydrogen) atoms. The smallest absolute Gasteiger partial charge is 0.335 e. The topological polar surface area (TPSA) is 134 Å². The van der Waals surface area contributed by atoms with Crippen LogP contribution in [0.15, 0.2) is 36.4 Å². The number of rotatable bonds is 7. The van der Waals surface area contributed by atoms with Crippen LogP contribution in [0.4, 0.5) is 5.69 Å². The average Bonchev–Trinajstić information content (AvgIpc) is 3.52. The molecule has 2 aliphatic rings. The highest BCUT2D eigenvalue weighted by molar-refractivity contribution is 6.31. The number of carboxylic acids is 1. The van der Waals surface area contributed by atoms with Gasteiger partial charge in [0.25, 0.3) is 0 Å². The number of nitrogens with one attached hydrogen (secondary N) is 1. The lowest BCUT2D eigenvalue weighted by molar-refractivity contribution is -0.136. The van der Waals surface area contributed by atoms with Gasteiger partial charge >= 0.3 is 5.97 Å². The maximum Gasteiger partial charge on any atom is 0.335 e. The fraction of sp³-hybridized carbons (Fsp3) is 0.407. The van der Waals surface area contributed by atoms with Crippen LogP contribution < -0.4 is 5.32 Å². The Morgan fingerprint density at radius 2 is 1.90 bits per heavy atom. The maximum atomic E-state index is 13.4. The number of aryl methyl sites for hydroxylation is 2. The van der Waals surface area contributed by atoms with Gasteiger partial charge in [0.15, 0.2) is 5.82 Å². The molecule has 0 saturated carbocycles. The number of piperidine rings is 1. The van der Waals surface area contributed by atoms with Crippen LogP contribution in [0.3, 0.4) is 0 Å². The molecule has 2 saturated heterocycles. The first kappa shape index (κ1) is 26.8. The monoisotopic (exact) mass is 551 g/mol. The number of nitrogens with zero attached hydrogens (tertiary/aromatic N) is 6. The van der Waals surface area contributed by atoms with Gasteiger partial charge in [-0.3, -0.25) is 14.5 Å². The van der Waals surface area contributed by atoms with E-state index in [0.717, 1.165) is 43.1 Å². The summed E-state index contributed by atoms with van der Waals surface area (Å²) in [7, 11) is 1.64. The second-order valence-corrected chi connectivity index (χ2v) is 10.6. The van der Waals surface area contributed by atoms with Gasteiger partial charge in [0.2, 0.25) is 11.8 Å². The molecule has 0 radical (unpaired) electrons. The lowest BCUT2D eigenvalue weighted by Gasteiger charge is -2.39. The number of anilines is 1. The third kappa shape index (κ3) is 5.79. The van der Waals surface area contributed by atoms with E-state index in [1.807, 2.05) is 19.1 Å². The predicted molar refractivity (Wildman–Crippen MR) is 144 cm³/mol. The van der Waals surface area contributed by atoms with Crippen molar-refractivity contribution in [1.82, 2.24) is 30.0 Å². The van der Waals surface area contributed by atoms with Crippen LogP contribution in [0.2, 0.25) is 5.02 Å². The third-order valence-electron chi connectivity index (χ3n) is 7.46. The fourth-order valence-corrected chi connectivity index (χ4v) is 5.61. The summed E-state index contributed by atoms with van der Waals surface area (Å²) < 4.78 is 1.42. The molecule has 2 fully saturated rings. The Labute approximate surface area is 230 Å². The zero-order chi connectivity index (χ0) is 27.7. The number of hydrogen-bond donors (Lipinski definition) is 2. The minimum absolute atomic E-state index is 0.00610. The number of tetrazole rings is 1. The molecule has 0 spiro atoms. The number of carboxylic acid groups (broad SMARTS) is 1. The van der Waals surface area contributed by atoms with Crippen LogP contribution in [-0.2, 0) is 23.2 Å². The molecular weight excluding hydrogens is 522 g/mol. The highest BCUT2D eigenvalue weighted by Gasteiger charge is 2.41. The van der Waals surface area contributed by atoms with Crippen molar-refractivity contribution in [3.05, 3.63) is 58.1 Å². The number of aromatic nitrogens is 4. The second kappa shape index (κ2) is 11.1. The predicted octanol–water partition coefficient (Wildman–Crippen LogP) is 3.13. The first-order valence-electron chi connectivity index (χ1n) is 12.9. The minimum Gasteiger partial charge on any atom is -0.478 e. The van der Waals surface area contributed by atoms with Crippen LogP contribution >= 0.6 is 11.6 Å². The van der Waals surface area contributed by atoms with Crippen molar-refractivity contribution >= 4 is 35.1 Å². The van der Waals surface area contributed by atoms with Crippen LogP contribution in [-0.4, -0.2) is 78.1 Å². The molecule has 2 N–H and O–H groups in total. The molecule has 5 rings (SSSR count). The molecule has 0 aliphatic carbocycles. The first-order valence-corrected chi connectivity index (χ1v) is 13.3. The lowest BCUT2D eigenvalue weighted by Crippen LogP contribution is -2.51. The molecule has 3 aromatic rings.